The molecule has 1 heteroatoms. The Kier molecular flexibility index (Phi) is 5.93. The third-order valence-electron chi connectivity index (χ3n) is 4.40. The number of nitrogens with zero attached hydrogens (tertiary/aromatic N) is 1. The summed E-state index contributed by atoms with van der Waals surface area (Å²) in [5.74, 6) is 6.37. The molecule has 1 nitrogen and oxygen atoms in total. The molecule has 0 amide bonds. The van der Waals surface area contributed by atoms with Crippen LogP contribution in [0.25, 0.3) is 0 Å². The van der Waals surface area contributed by atoms with Gasteiger partial charge in [0.25, 0.3) is 0 Å². The van der Waals surface area contributed by atoms with Gasteiger partial charge in [0, 0.05) is 30.8 Å². The van der Waals surface area contributed by atoms with Gasteiger partial charge in [0.05, 0.1) is 0 Å². The normalized spacial score (nSPS) is 18.1. The molecule has 0 heterocycles. The lowest BCUT2D eigenvalue weighted by molar-refractivity contribution is 0.263. The number of rotatable bonds is 7. The standard InChI is InChI=1S/C20H27N/c1-4-18(3)21(16-10-14-19-12-8-9-13-19)20-15-7-5-6-11-17(20)2/h8-9,11-12,15,18H,4,6,10,13-14,16H2,1-3H3. The van der Waals surface area contributed by atoms with Crippen LogP contribution in [0.2, 0.25) is 0 Å². The highest BCUT2D eigenvalue weighted by molar-refractivity contribution is 5.38. The van der Waals surface area contributed by atoms with E-state index < -0.39 is 0 Å². The number of allylic oxidation sites excluding steroid dienone is 7. The molecule has 1 unspecified atom stereocenters. The number of hydrogen-bond donors (Lipinski definition) is 0. The van der Waals surface area contributed by atoms with Crippen LogP contribution in [0.5, 0.6) is 0 Å². The Morgan fingerprint density at radius 1 is 1.38 bits per heavy atom. The maximum absolute atomic E-state index is 3.19. The van der Waals surface area contributed by atoms with Gasteiger partial charge in [-0.05, 0) is 45.1 Å². The lowest BCUT2D eigenvalue weighted by Gasteiger charge is -2.33. The Bertz CT molecular complexity index is 534. The van der Waals surface area contributed by atoms with Crippen molar-refractivity contribution in [2.45, 2.75) is 58.9 Å². The van der Waals surface area contributed by atoms with E-state index in [4.69, 9.17) is 0 Å². The molecule has 0 N–H and O–H groups in total. The second-order valence-corrected chi connectivity index (χ2v) is 5.95. The minimum Gasteiger partial charge on any atom is -0.368 e. The monoisotopic (exact) mass is 281 g/mol. The first kappa shape index (κ1) is 15.7. The van der Waals surface area contributed by atoms with Crippen LogP contribution >= 0.6 is 0 Å². The van der Waals surface area contributed by atoms with Gasteiger partial charge in [-0.3, -0.25) is 0 Å². The second kappa shape index (κ2) is 7.93. The summed E-state index contributed by atoms with van der Waals surface area (Å²) < 4.78 is 0. The van der Waals surface area contributed by atoms with Gasteiger partial charge in [-0.25, -0.2) is 0 Å². The molecule has 0 saturated carbocycles. The molecule has 0 aromatic heterocycles. The molecule has 0 spiro atoms. The Morgan fingerprint density at radius 2 is 2.24 bits per heavy atom. The predicted octanol–water partition coefficient (Wildman–Crippen LogP) is 4.99. The van der Waals surface area contributed by atoms with E-state index in [9.17, 15) is 0 Å². The van der Waals surface area contributed by atoms with Crippen LogP contribution in [0.1, 0.15) is 52.9 Å². The third kappa shape index (κ3) is 4.39. The second-order valence-electron chi connectivity index (χ2n) is 5.95. The summed E-state index contributed by atoms with van der Waals surface area (Å²) in [5, 5.41) is 0. The van der Waals surface area contributed by atoms with E-state index in [1.165, 1.54) is 30.5 Å². The summed E-state index contributed by atoms with van der Waals surface area (Å²) in [7, 11) is 0. The first-order chi connectivity index (χ1) is 10.2. The minimum atomic E-state index is 0.565. The molecule has 2 rings (SSSR count). The van der Waals surface area contributed by atoms with E-state index in [1.54, 1.807) is 5.57 Å². The molecule has 21 heavy (non-hydrogen) atoms. The molecular formula is C20H27N. The van der Waals surface area contributed by atoms with Crippen molar-refractivity contribution in [2.75, 3.05) is 6.54 Å². The van der Waals surface area contributed by atoms with Gasteiger partial charge >= 0.3 is 0 Å². The Morgan fingerprint density at radius 3 is 2.95 bits per heavy atom. The molecule has 0 radical (unpaired) electrons. The van der Waals surface area contributed by atoms with Crippen molar-refractivity contribution in [1.29, 1.82) is 0 Å². The summed E-state index contributed by atoms with van der Waals surface area (Å²) in [6, 6.07) is 0.565. The maximum Gasteiger partial charge on any atom is 0.0480 e. The van der Waals surface area contributed by atoms with Crippen LogP contribution in [0.4, 0.5) is 0 Å². The number of hydrogen-bond acceptors (Lipinski definition) is 1. The van der Waals surface area contributed by atoms with E-state index in [2.05, 4.69) is 67.9 Å². The van der Waals surface area contributed by atoms with Crippen LogP contribution in [0.3, 0.4) is 0 Å². The summed E-state index contributed by atoms with van der Waals surface area (Å²) >= 11 is 0. The van der Waals surface area contributed by atoms with Crippen LogP contribution in [-0.2, 0) is 0 Å². The summed E-state index contributed by atoms with van der Waals surface area (Å²) in [5.41, 5.74) is 4.25. The van der Waals surface area contributed by atoms with Gasteiger partial charge in [-0.15, -0.1) is 0 Å². The minimum absolute atomic E-state index is 0.565. The molecule has 0 saturated heterocycles. The first-order valence-corrected chi connectivity index (χ1v) is 8.19. The highest BCUT2D eigenvalue weighted by Crippen LogP contribution is 2.23. The fourth-order valence-electron chi connectivity index (χ4n) is 2.86. The van der Waals surface area contributed by atoms with Gasteiger partial charge in [0.15, 0.2) is 0 Å². The molecule has 2 aliphatic rings. The van der Waals surface area contributed by atoms with Crippen LogP contribution in [0, 0.1) is 11.8 Å². The Hall–Kier alpha value is -1.68. The van der Waals surface area contributed by atoms with Gasteiger partial charge in [-0.2, -0.15) is 0 Å². The zero-order valence-corrected chi connectivity index (χ0v) is 13.7. The third-order valence-corrected chi connectivity index (χ3v) is 4.40. The summed E-state index contributed by atoms with van der Waals surface area (Å²) in [4.78, 5) is 2.55. The quantitative estimate of drug-likeness (QED) is 0.594. The molecule has 0 bridgehead atoms. The van der Waals surface area contributed by atoms with Crippen molar-refractivity contribution in [2.24, 2.45) is 0 Å². The smallest absolute Gasteiger partial charge is 0.0480 e. The summed E-state index contributed by atoms with van der Waals surface area (Å²) in [6.45, 7) is 7.91. The van der Waals surface area contributed by atoms with Crippen molar-refractivity contribution in [3.8, 4) is 11.8 Å². The van der Waals surface area contributed by atoms with E-state index >= 15 is 0 Å². The lowest BCUT2D eigenvalue weighted by atomic mass is 10.1. The van der Waals surface area contributed by atoms with Crippen molar-refractivity contribution in [3.63, 3.8) is 0 Å². The van der Waals surface area contributed by atoms with Crippen LogP contribution < -0.4 is 0 Å². The van der Waals surface area contributed by atoms with E-state index in [-0.39, 0.29) is 0 Å². The van der Waals surface area contributed by atoms with E-state index in [1.807, 2.05) is 0 Å². The van der Waals surface area contributed by atoms with Crippen molar-refractivity contribution < 1.29 is 0 Å². The molecule has 0 aromatic carbocycles. The van der Waals surface area contributed by atoms with Gasteiger partial charge in [-0.1, -0.05) is 48.6 Å². The van der Waals surface area contributed by atoms with E-state index in [0.717, 1.165) is 19.4 Å². The van der Waals surface area contributed by atoms with Gasteiger partial charge in [0.1, 0.15) is 0 Å². The molecule has 112 valence electrons. The first-order valence-electron chi connectivity index (χ1n) is 8.19. The van der Waals surface area contributed by atoms with Gasteiger partial charge < -0.3 is 4.90 Å². The average molecular weight is 281 g/mol. The van der Waals surface area contributed by atoms with Gasteiger partial charge in [0.2, 0.25) is 0 Å². The SMILES string of the molecule is CCC(C)N(CCCC1=CC=CC1)C1=CC#CCC=C1C. The fourth-order valence-corrected chi connectivity index (χ4v) is 2.86. The fraction of sp³-hybridized carbons (Fsp3) is 0.500. The molecule has 0 aliphatic heterocycles. The highest BCUT2D eigenvalue weighted by Gasteiger charge is 2.17. The van der Waals surface area contributed by atoms with Crippen molar-refractivity contribution in [3.05, 3.63) is 47.2 Å². The molecule has 0 fully saturated rings. The largest absolute Gasteiger partial charge is 0.368 e. The highest BCUT2D eigenvalue weighted by atomic mass is 15.2. The lowest BCUT2D eigenvalue weighted by Crippen LogP contribution is -2.33. The summed E-state index contributed by atoms with van der Waals surface area (Å²) in [6.07, 6.45) is 16.7. The zero-order valence-electron chi connectivity index (χ0n) is 13.7. The van der Waals surface area contributed by atoms with Crippen LogP contribution in [-0.4, -0.2) is 17.5 Å². The maximum atomic E-state index is 3.19. The van der Waals surface area contributed by atoms with Crippen molar-refractivity contribution >= 4 is 0 Å². The zero-order chi connectivity index (χ0) is 15.1. The Labute approximate surface area is 130 Å². The molecule has 2 aliphatic carbocycles. The Balaban J connectivity index is 2.01. The van der Waals surface area contributed by atoms with Crippen molar-refractivity contribution in [1.82, 2.24) is 4.90 Å². The molecule has 0 aromatic rings. The molecule has 1 atom stereocenters. The van der Waals surface area contributed by atoms with E-state index in [0.29, 0.717) is 6.04 Å². The molecular weight excluding hydrogens is 254 g/mol. The predicted molar refractivity (Wildman–Crippen MR) is 91.8 cm³/mol. The van der Waals surface area contributed by atoms with Crippen LogP contribution in [0.15, 0.2) is 47.2 Å². The topological polar surface area (TPSA) is 3.24 Å². The average Bonchev–Trinajstić information content (AvgIpc) is 2.92.